The van der Waals surface area contributed by atoms with E-state index in [9.17, 15) is 14.0 Å². The predicted octanol–water partition coefficient (Wildman–Crippen LogP) is 4.72. The minimum Gasteiger partial charge on any atom is -0.445 e. The number of nitrogens with zero attached hydrogens (tertiary/aromatic N) is 3. The van der Waals surface area contributed by atoms with Crippen molar-refractivity contribution < 1.29 is 18.7 Å². The van der Waals surface area contributed by atoms with E-state index in [0.717, 1.165) is 5.56 Å². The van der Waals surface area contributed by atoms with Crippen molar-refractivity contribution in [1.82, 2.24) is 20.1 Å². The summed E-state index contributed by atoms with van der Waals surface area (Å²) in [5, 5.41) is 10.8. The second-order valence-electron chi connectivity index (χ2n) is 7.00. The molecule has 0 aliphatic heterocycles. The number of hydrogen-bond acceptors (Lipinski definition) is 5. The van der Waals surface area contributed by atoms with Gasteiger partial charge < -0.3 is 10.1 Å². The van der Waals surface area contributed by atoms with Crippen molar-refractivity contribution in [1.29, 1.82) is 0 Å². The fraction of sp³-hybridized carbons (Fsp3) is 0.0833. The first-order valence-electron chi connectivity index (χ1n) is 9.95. The van der Waals surface area contributed by atoms with Gasteiger partial charge in [0.2, 0.25) is 0 Å². The van der Waals surface area contributed by atoms with E-state index < -0.39 is 17.7 Å². The molecule has 4 rings (SSSR count). The first-order chi connectivity index (χ1) is 16.0. The number of amides is 1. The number of ether oxygens (including phenoxy) is 1. The summed E-state index contributed by atoms with van der Waals surface area (Å²) in [5.41, 5.74) is 1.33. The van der Waals surface area contributed by atoms with Crippen molar-refractivity contribution >= 4 is 23.5 Å². The molecule has 0 saturated carbocycles. The lowest BCUT2D eigenvalue weighted by molar-refractivity contribution is 0.103. The van der Waals surface area contributed by atoms with Crippen LogP contribution in [0.4, 0.5) is 9.18 Å². The summed E-state index contributed by atoms with van der Waals surface area (Å²) in [4.78, 5) is 25.2. The van der Waals surface area contributed by atoms with E-state index in [2.05, 4.69) is 15.5 Å². The quantitative estimate of drug-likeness (QED) is 0.400. The van der Waals surface area contributed by atoms with Gasteiger partial charge in [-0.15, -0.1) is 10.2 Å². The molecule has 0 atom stereocenters. The summed E-state index contributed by atoms with van der Waals surface area (Å²) in [7, 11) is 0. The average Bonchev–Trinajstić information content (AvgIpc) is 3.30. The van der Waals surface area contributed by atoms with Crippen LogP contribution in [0.1, 0.15) is 27.3 Å². The Kier molecular flexibility index (Phi) is 6.75. The molecule has 33 heavy (non-hydrogen) atoms. The van der Waals surface area contributed by atoms with Crippen LogP contribution in [0, 0.1) is 5.82 Å². The normalized spacial score (nSPS) is 10.6. The Labute approximate surface area is 193 Å². The molecule has 0 unspecified atom stereocenters. The predicted molar refractivity (Wildman–Crippen MR) is 120 cm³/mol. The summed E-state index contributed by atoms with van der Waals surface area (Å²) in [5.74, 6) is -0.836. The maximum atomic E-state index is 14.2. The van der Waals surface area contributed by atoms with Crippen molar-refractivity contribution in [2.45, 2.75) is 13.2 Å². The molecule has 0 saturated heterocycles. The third kappa shape index (κ3) is 5.24. The van der Waals surface area contributed by atoms with Gasteiger partial charge in [0.15, 0.2) is 11.6 Å². The number of carbonyl (C=O) groups excluding carboxylic acids is 2. The Bertz CT molecular complexity index is 1290. The van der Waals surface area contributed by atoms with Crippen LogP contribution in [0.15, 0.2) is 79.1 Å². The summed E-state index contributed by atoms with van der Waals surface area (Å²) in [6.45, 7) is 0.113. The summed E-state index contributed by atoms with van der Waals surface area (Å²) >= 11 is 6.12. The monoisotopic (exact) mass is 464 g/mol. The summed E-state index contributed by atoms with van der Waals surface area (Å²) < 4.78 is 21.0. The van der Waals surface area contributed by atoms with Gasteiger partial charge in [0.05, 0.1) is 17.8 Å². The Morgan fingerprint density at radius 1 is 1.00 bits per heavy atom. The molecule has 0 fully saturated rings. The van der Waals surface area contributed by atoms with E-state index in [1.165, 1.54) is 35.2 Å². The van der Waals surface area contributed by atoms with E-state index in [1.807, 2.05) is 30.3 Å². The molecule has 1 N–H and O–H groups in total. The molecule has 0 spiro atoms. The van der Waals surface area contributed by atoms with Crippen LogP contribution in [-0.4, -0.2) is 26.6 Å². The van der Waals surface area contributed by atoms with Gasteiger partial charge in [-0.2, -0.15) is 0 Å². The zero-order chi connectivity index (χ0) is 23.2. The van der Waals surface area contributed by atoms with Crippen LogP contribution in [0.25, 0.3) is 5.69 Å². The topological polar surface area (TPSA) is 86.1 Å². The fourth-order valence-electron chi connectivity index (χ4n) is 3.20. The largest absolute Gasteiger partial charge is 0.445 e. The van der Waals surface area contributed by atoms with E-state index in [-0.39, 0.29) is 24.3 Å². The number of alkyl carbamates (subject to hydrolysis) is 1. The third-order valence-corrected chi connectivity index (χ3v) is 5.04. The van der Waals surface area contributed by atoms with Crippen molar-refractivity contribution in [2.75, 3.05) is 0 Å². The highest BCUT2D eigenvalue weighted by Gasteiger charge is 2.20. The molecule has 166 valence electrons. The number of hydrogen-bond donors (Lipinski definition) is 1. The lowest BCUT2D eigenvalue weighted by atomic mass is 10.0. The zero-order valence-electron chi connectivity index (χ0n) is 17.2. The maximum Gasteiger partial charge on any atom is 0.407 e. The second-order valence-corrected chi connectivity index (χ2v) is 7.44. The Balaban J connectivity index is 1.53. The number of nitrogens with one attached hydrogen (secondary N) is 1. The first kappa shape index (κ1) is 22.2. The molecule has 7 nitrogen and oxygen atoms in total. The number of ketones is 1. The molecule has 4 aromatic rings. The number of halogens is 2. The summed E-state index contributed by atoms with van der Waals surface area (Å²) in [6.07, 6.45) is 0.764. The van der Waals surface area contributed by atoms with E-state index in [4.69, 9.17) is 16.3 Å². The second kappa shape index (κ2) is 10.1. The van der Waals surface area contributed by atoms with Crippen molar-refractivity contribution in [3.8, 4) is 5.69 Å². The summed E-state index contributed by atoms with van der Waals surface area (Å²) in [6, 6.07) is 19.6. The fourth-order valence-corrected chi connectivity index (χ4v) is 3.37. The highest BCUT2D eigenvalue weighted by Crippen LogP contribution is 2.24. The Hall–Kier alpha value is -4.04. The molecular formula is C24H18ClFN4O3. The number of rotatable bonds is 7. The minimum absolute atomic E-state index is 0.0103. The lowest BCUT2D eigenvalue weighted by Crippen LogP contribution is -2.25. The minimum atomic E-state index is -0.639. The molecule has 9 heteroatoms. The Morgan fingerprint density at radius 2 is 1.76 bits per heavy atom. The number of carbonyl (C=O) groups is 2. The van der Waals surface area contributed by atoms with Gasteiger partial charge >= 0.3 is 6.09 Å². The molecular weight excluding hydrogens is 447 g/mol. The molecule has 1 aromatic heterocycles. The molecule has 1 amide bonds. The van der Waals surface area contributed by atoms with Gasteiger partial charge in [-0.25, -0.2) is 9.18 Å². The molecule has 0 aliphatic rings. The van der Waals surface area contributed by atoms with Crippen LogP contribution in [0.2, 0.25) is 5.02 Å². The van der Waals surface area contributed by atoms with Crippen LogP contribution in [0.3, 0.4) is 0 Å². The van der Waals surface area contributed by atoms with Gasteiger partial charge in [-0.05, 0) is 35.9 Å². The average molecular weight is 465 g/mol. The van der Waals surface area contributed by atoms with Gasteiger partial charge in [0.1, 0.15) is 18.8 Å². The van der Waals surface area contributed by atoms with Crippen LogP contribution < -0.4 is 5.32 Å². The van der Waals surface area contributed by atoms with E-state index in [1.54, 1.807) is 18.2 Å². The van der Waals surface area contributed by atoms with E-state index in [0.29, 0.717) is 16.5 Å². The lowest BCUT2D eigenvalue weighted by Gasteiger charge is -2.13. The first-order valence-corrected chi connectivity index (χ1v) is 10.3. The molecule has 0 radical (unpaired) electrons. The van der Waals surface area contributed by atoms with Crippen molar-refractivity contribution in [3.63, 3.8) is 0 Å². The van der Waals surface area contributed by atoms with Crippen LogP contribution in [-0.2, 0) is 17.9 Å². The number of aromatic nitrogens is 3. The van der Waals surface area contributed by atoms with Gasteiger partial charge in [-0.3, -0.25) is 9.36 Å². The van der Waals surface area contributed by atoms with Crippen LogP contribution in [0.5, 0.6) is 0 Å². The molecule has 0 aliphatic carbocycles. The number of benzene rings is 3. The SMILES string of the molecule is O=C(NCc1nncn1-c1ccc(Cl)cc1C(=O)c1ccccc1F)OCc1ccccc1. The van der Waals surface area contributed by atoms with Gasteiger partial charge in [0.25, 0.3) is 0 Å². The standard InChI is InChI=1S/C24H18ClFN4O3/c25-17-10-11-21(19(12-17)23(31)18-8-4-5-9-20(18)26)30-15-28-29-22(30)13-27-24(32)33-14-16-6-2-1-3-7-16/h1-12,15H,13-14H2,(H,27,32). The van der Waals surface area contributed by atoms with Gasteiger partial charge in [0, 0.05) is 10.6 Å². The highest BCUT2D eigenvalue weighted by molar-refractivity contribution is 6.31. The molecule has 3 aromatic carbocycles. The van der Waals surface area contributed by atoms with E-state index >= 15 is 0 Å². The zero-order valence-corrected chi connectivity index (χ0v) is 18.0. The highest BCUT2D eigenvalue weighted by atomic mass is 35.5. The van der Waals surface area contributed by atoms with Crippen molar-refractivity contribution in [2.24, 2.45) is 0 Å². The molecule has 1 heterocycles. The maximum absolute atomic E-state index is 14.2. The van der Waals surface area contributed by atoms with Crippen LogP contribution >= 0.6 is 11.6 Å². The Morgan fingerprint density at radius 3 is 2.55 bits per heavy atom. The smallest absolute Gasteiger partial charge is 0.407 e. The van der Waals surface area contributed by atoms with Gasteiger partial charge in [-0.1, -0.05) is 54.1 Å². The molecule has 0 bridgehead atoms. The van der Waals surface area contributed by atoms with Crippen molar-refractivity contribution in [3.05, 3.63) is 112 Å². The third-order valence-electron chi connectivity index (χ3n) is 4.80.